The van der Waals surface area contributed by atoms with Gasteiger partial charge in [0.05, 0.1) is 21.4 Å². The normalized spacial score (nSPS) is 12.8. The van der Waals surface area contributed by atoms with Gasteiger partial charge in [-0.05, 0) is 51.3 Å². The molecule has 0 saturated carbocycles. The first-order chi connectivity index (χ1) is 9.54. The molecule has 0 aliphatic carbocycles. The second-order valence-corrected chi connectivity index (χ2v) is 6.12. The van der Waals surface area contributed by atoms with E-state index in [9.17, 15) is 4.79 Å². The predicted molar refractivity (Wildman–Crippen MR) is 85.8 cm³/mol. The fraction of sp³-hybridized carbons (Fsp3) is 0.0714. The number of hydrogen-bond acceptors (Lipinski definition) is 1. The molecule has 3 nitrogen and oxygen atoms in total. The molecule has 1 atom stereocenters. The summed E-state index contributed by atoms with van der Waals surface area (Å²) in [5.41, 5.74) is 3.12. The van der Waals surface area contributed by atoms with Crippen LogP contribution >= 0.6 is 39.1 Å². The number of fused-ring (bicyclic) bond motifs is 1. The Bertz CT molecular complexity index is 841. The van der Waals surface area contributed by atoms with E-state index in [4.69, 9.17) is 23.2 Å². The van der Waals surface area contributed by atoms with Crippen molar-refractivity contribution in [1.82, 2.24) is 9.97 Å². The summed E-state index contributed by atoms with van der Waals surface area (Å²) in [5, 5.41) is 0.328. The zero-order valence-corrected chi connectivity index (χ0v) is 13.2. The van der Waals surface area contributed by atoms with Crippen LogP contribution in [0.3, 0.4) is 0 Å². The quantitative estimate of drug-likeness (QED) is 0.635. The minimum absolute atomic E-state index is 0.225. The van der Waals surface area contributed by atoms with Gasteiger partial charge in [0, 0.05) is 4.47 Å². The highest BCUT2D eigenvalue weighted by atomic mass is 79.9. The Hall–Kier alpha value is -1.23. The van der Waals surface area contributed by atoms with Crippen LogP contribution in [0.1, 0.15) is 16.5 Å². The van der Waals surface area contributed by atoms with E-state index < -0.39 is 0 Å². The number of benzene rings is 2. The van der Waals surface area contributed by atoms with Crippen molar-refractivity contribution in [2.24, 2.45) is 0 Å². The van der Waals surface area contributed by atoms with Gasteiger partial charge in [-0.3, -0.25) is 0 Å². The molecular formula is C14H9BrCl2N2O. The Kier molecular flexibility index (Phi) is 3.63. The Morgan fingerprint density at radius 2 is 1.65 bits per heavy atom. The van der Waals surface area contributed by atoms with Crippen LogP contribution in [0.2, 0.25) is 5.02 Å². The van der Waals surface area contributed by atoms with Crippen molar-refractivity contribution in [2.75, 3.05) is 0 Å². The van der Waals surface area contributed by atoms with Gasteiger partial charge in [-0.2, -0.15) is 0 Å². The maximum Gasteiger partial charge on any atom is 0.323 e. The molecule has 1 aromatic heterocycles. The first kappa shape index (κ1) is 13.7. The molecule has 1 heterocycles. The van der Waals surface area contributed by atoms with Crippen LogP contribution in [0.15, 0.2) is 45.7 Å². The van der Waals surface area contributed by atoms with Crippen LogP contribution in [0, 0.1) is 0 Å². The number of alkyl halides is 1. The molecule has 0 spiro atoms. The molecule has 0 fully saturated rings. The summed E-state index contributed by atoms with van der Waals surface area (Å²) in [6.45, 7) is 0. The third-order valence-electron chi connectivity index (χ3n) is 3.07. The molecule has 0 radical (unpaired) electrons. The molecule has 3 aromatic rings. The topological polar surface area (TPSA) is 48.6 Å². The smallest absolute Gasteiger partial charge is 0.306 e. The number of aromatic nitrogens is 2. The van der Waals surface area contributed by atoms with E-state index in [1.54, 1.807) is 6.07 Å². The van der Waals surface area contributed by atoms with Crippen LogP contribution < -0.4 is 5.69 Å². The van der Waals surface area contributed by atoms with Gasteiger partial charge >= 0.3 is 5.69 Å². The number of rotatable bonds is 2. The van der Waals surface area contributed by atoms with E-state index in [-0.39, 0.29) is 11.1 Å². The number of H-pyrrole nitrogens is 2. The third-order valence-corrected chi connectivity index (χ3v) is 4.79. The van der Waals surface area contributed by atoms with Gasteiger partial charge in [-0.15, -0.1) is 11.6 Å². The third kappa shape index (κ3) is 2.51. The number of aromatic amines is 2. The van der Waals surface area contributed by atoms with Crippen molar-refractivity contribution in [2.45, 2.75) is 5.38 Å². The molecular weight excluding hydrogens is 363 g/mol. The van der Waals surface area contributed by atoms with Crippen molar-refractivity contribution < 1.29 is 0 Å². The summed E-state index contributed by atoms with van der Waals surface area (Å²) in [6, 6.07) is 11.2. The van der Waals surface area contributed by atoms with E-state index in [0.717, 1.165) is 26.6 Å². The fourth-order valence-electron chi connectivity index (χ4n) is 2.07. The van der Waals surface area contributed by atoms with E-state index in [0.29, 0.717) is 5.02 Å². The lowest BCUT2D eigenvalue weighted by Crippen LogP contribution is -1.99. The number of hydrogen-bond donors (Lipinski definition) is 2. The summed E-state index contributed by atoms with van der Waals surface area (Å²) >= 11 is 15.9. The summed E-state index contributed by atoms with van der Waals surface area (Å²) in [4.78, 5) is 16.7. The molecule has 0 saturated heterocycles. The van der Waals surface area contributed by atoms with Gasteiger partial charge in [0.2, 0.25) is 0 Å². The van der Waals surface area contributed by atoms with Gasteiger partial charge in [-0.25, -0.2) is 4.79 Å². The van der Waals surface area contributed by atoms with E-state index in [1.807, 2.05) is 30.3 Å². The maximum atomic E-state index is 11.3. The van der Waals surface area contributed by atoms with Crippen LogP contribution in [0.4, 0.5) is 0 Å². The molecule has 6 heteroatoms. The SMILES string of the molecule is O=c1[nH]c2ccc(C(Cl)c3ccc(Cl)c(Br)c3)cc2[nH]1. The first-order valence-electron chi connectivity index (χ1n) is 5.85. The van der Waals surface area contributed by atoms with Gasteiger partial charge < -0.3 is 9.97 Å². The first-order valence-corrected chi connectivity index (χ1v) is 7.46. The lowest BCUT2D eigenvalue weighted by molar-refractivity contribution is 1.14. The van der Waals surface area contributed by atoms with Gasteiger partial charge in [-0.1, -0.05) is 23.7 Å². The van der Waals surface area contributed by atoms with Crippen LogP contribution in [-0.4, -0.2) is 9.97 Å². The molecule has 0 bridgehead atoms. The van der Waals surface area contributed by atoms with Crippen LogP contribution in [0.5, 0.6) is 0 Å². The molecule has 102 valence electrons. The molecule has 0 amide bonds. The second kappa shape index (κ2) is 5.28. The average Bonchev–Trinajstić information content (AvgIpc) is 2.80. The fourth-order valence-corrected chi connectivity index (χ4v) is 2.86. The molecule has 2 aromatic carbocycles. The van der Waals surface area contributed by atoms with Gasteiger partial charge in [0.1, 0.15) is 0 Å². The van der Waals surface area contributed by atoms with E-state index >= 15 is 0 Å². The lowest BCUT2D eigenvalue weighted by Gasteiger charge is -2.11. The summed E-state index contributed by atoms with van der Waals surface area (Å²) in [6.07, 6.45) is 0. The average molecular weight is 372 g/mol. The largest absolute Gasteiger partial charge is 0.323 e. The number of halogens is 3. The molecule has 20 heavy (non-hydrogen) atoms. The minimum Gasteiger partial charge on any atom is -0.306 e. The van der Waals surface area contributed by atoms with Crippen molar-refractivity contribution in [3.63, 3.8) is 0 Å². The summed E-state index contributed by atoms with van der Waals surface area (Å²) < 4.78 is 0.804. The second-order valence-electron chi connectivity index (χ2n) is 4.42. The zero-order valence-electron chi connectivity index (χ0n) is 10.1. The number of imidazole rings is 1. The summed E-state index contributed by atoms with van der Waals surface area (Å²) in [5.74, 6) is 0. The van der Waals surface area contributed by atoms with Gasteiger partial charge in [0.25, 0.3) is 0 Å². The molecule has 1 unspecified atom stereocenters. The minimum atomic E-state index is -0.314. The van der Waals surface area contributed by atoms with Crippen molar-refractivity contribution in [1.29, 1.82) is 0 Å². The van der Waals surface area contributed by atoms with E-state index in [2.05, 4.69) is 25.9 Å². The van der Waals surface area contributed by atoms with Crippen molar-refractivity contribution >= 4 is 50.2 Å². The van der Waals surface area contributed by atoms with Gasteiger partial charge in [0.15, 0.2) is 0 Å². The Balaban J connectivity index is 2.04. The van der Waals surface area contributed by atoms with Crippen molar-refractivity contribution in [3.8, 4) is 0 Å². The van der Waals surface area contributed by atoms with Crippen LogP contribution in [0.25, 0.3) is 11.0 Å². The lowest BCUT2D eigenvalue weighted by atomic mass is 10.0. The molecule has 0 aliphatic heterocycles. The maximum absolute atomic E-state index is 11.3. The van der Waals surface area contributed by atoms with Crippen molar-refractivity contribution in [3.05, 3.63) is 67.5 Å². The Morgan fingerprint density at radius 3 is 2.40 bits per heavy atom. The molecule has 2 N–H and O–H groups in total. The van der Waals surface area contributed by atoms with E-state index in [1.165, 1.54) is 0 Å². The zero-order chi connectivity index (χ0) is 14.3. The van der Waals surface area contributed by atoms with Crippen LogP contribution in [-0.2, 0) is 0 Å². The summed E-state index contributed by atoms with van der Waals surface area (Å²) in [7, 11) is 0. The number of nitrogens with one attached hydrogen (secondary N) is 2. The predicted octanol–water partition coefficient (Wildman–Crippen LogP) is 4.60. The Morgan fingerprint density at radius 1 is 1.00 bits per heavy atom. The monoisotopic (exact) mass is 370 g/mol. The molecule has 3 rings (SSSR count). The highest BCUT2D eigenvalue weighted by Gasteiger charge is 2.13. The molecule has 0 aliphatic rings. The highest BCUT2D eigenvalue weighted by molar-refractivity contribution is 9.10. The highest BCUT2D eigenvalue weighted by Crippen LogP contribution is 2.33. The standard InChI is InChI=1S/C14H9BrCl2N2O/c15-9-5-7(1-3-10(9)16)13(17)8-2-4-11-12(6-8)19-14(20)18-11/h1-6,13H,(H2,18,19,20). The Labute approximate surface area is 133 Å².